The van der Waals surface area contributed by atoms with E-state index in [1.807, 2.05) is 49.4 Å². The van der Waals surface area contributed by atoms with Crippen molar-refractivity contribution < 1.29 is 4.79 Å². The van der Waals surface area contributed by atoms with Gasteiger partial charge in [0.2, 0.25) is 0 Å². The maximum absolute atomic E-state index is 13.0. The van der Waals surface area contributed by atoms with Crippen LogP contribution >= 0.6 is 11.6 Å². The molecule has 0 spiro atoms. The summed E-state index contributed by atoms with van der Waals surface area (Å²) in [4.78, 5) is 14.8. The number of aromatic nitrogens is 4. The van der Waals surface area contributed by atoms with Crippen LogP contribution < -0.4 is 0 Å². The number of rotatable bonds is 5. The Morgan fingerprint density at radius 1 is 1.21 bits per heavy atom. The minimum Gasteiger partial charge on any atom is -0.335 e. The number of hydrogen-bond acceptors (Lipinski definition) is 4. The molecule has 0 bridgehead atoms. The Bertz CT molecular complexity index is 835. The first-order valence-electron chi connectivity index (χ1n) is 7.55. The Balaban J connectivity index is 1.90. The fourth-order valence-electron chi connectivity index (χ4n) is 2.48. The Morgan fingerprint density at radius 2 is 2.04 bits per heavy atom. The molecule has 0 radical (unpaired) electrons. The molecule has 1 heterocycles. The van der Waals surface area contributed by atoms with Gasteiger partial charge < -0.3 is 4.90 Å². The lowest BCUT2D eigenvalue weighted by Gasteiger charge is -2.22. The van der Waals surface area contributed by atoms with Crippen LogP contribution in [0.3, 0.4) is 0 Å². The SMILES string of the molecule is CCN(Cc1cccc(Cl)c1)C(=O)c1ccccc1-n1cnnn1. The van der Waals surface area contributed by atoms with Gasteiger partial charge in [-0.25, -0.2) is 0 Å². The van der Waals surface area contributed by atoms with E-state index in [4.69, 9.17) is 11.6 Å². The molecule has 0 atom stereocenters. The number of carbonyl (C=O) groups excluding carboxylic acids is 1. The first kappa shape index (κ1) is 16.1. The number of hydrogen-bond donors (Lipinski definition) is 0. The quantitative estimate of drug-likeness (QED) is 0.715. The van der Waals surface area contributed by atoms with Gasteiger partial charge in [0.1, 0.15) is 6.33 Å². The molecule has 2 aromatic carbocycles. The summed E-state index contributed by atoms with van der Waals surface area (Å²) in [6, 6.07) is 14.8. The van der Waals surface area contributed by atoms with Crippen molar-refractivity contribution in [2.45, 2.75) is 13.5 Å². The molecule has 24 heavy (non-hydrogen) atoms. The van der Waals surface area contributed by atoms with E-state index in [1.54, 1.807) is 11.0 Å². The molecule has 0 N–H and O–H groups in total. The van der Waals surface area contributed by atoms with E-state index in [0.717, 1.165) is 5.56 Å². The van der Waals surface area contributed by atoms with Crippen molar-refractivity contribution in [1.82, 2.24) is 25.1 Å². The summed E-state index contributed by atoms with van der Waals surface area (Å²) in [6.07, 6.45) is 1.47. The molecule has 1 aromatic heterocycles. The summed E-state index contributed by atoms with van der Waals surface area (Å²) in [6.45, 7) is 3.01. The summed E-state index contributed by atoms with van der Waals surface area (Å²) in [5, 5.41) is 11.8. The highest BCUT2D eigenvalue weighted by atomic mass is 35.5. The fraction of sp³-hybridized carbons (Fsp3) is 0.176. The maximum Gasteiger partial charge on any atom is 0.256 e. The molecule has 3 aromatic rings. The van der Waals surface area contributed by atoms with Gasteiger partial charge in [0.05, 0.1) is 11.3 Å². The van der Waals surface area contributed by atoms with Crippen LogP contribution in [-0.2, 0) is 6.54 Å². The molecular formula is C17H16ClN5O. The van der Waals surface area contributed by atoms with Crippen LogP contribution in [0.5, 0.6) is 0 Å². The fourth-order valence-corrected chi connectivity index (χ4v) is 2.69. The highest BCUT2D eigenvalue weighted by molar-refractivity contribution is 6.30. The zero-order chi connectivity index (χ0) is 16.9. The highest BCUT2D eigenvalue weighted by Crippen LogP contribution is 2.18. The number of benzene rings is 2. The topological polar surface area (TPSA) is 63.9 Å². The van der Waals surface area contributed by atoms with Crippen molar-refractivity contribution in [2.24, 2.45) is 0 Å². The Labute approximate surface area is 144 Å². The number of para-hydroxylation sites is 1. The molecule has 1 amide bonds. The molecular weight excluding hydrogens is 326 g/mol. The van der Waals surface area contributed by atoms with Crippen molar-refractivity contribution in [3.8, 4) is 5.69 Å². The summed E-state index contributed by atoms with van der Waals surface area (Å²) < 4.78 is 1.49. The second-order valence-corrected chi connectivity index (χ2v) is 5.66. The molecule has 6 nitrogen and oxygen atoms in total. The van der Waals surface area contributed by atoms with Gasteiger partial charge in [-0.2, -0.15) is 4.68 Å². The minimum absolute atomic E-state index is 0.0800. The molecule has 3 rings (SSSR count). The normalized spacial score (nSPS) is 10.6. The Kier molecular flexibility index (Phi) is 4.86. The summed E-state index contributed by atoms with van der Waals surface area (Å²) in [5.74, 6) is -0.0800. The maximum atomic E-state index is 13.0. The van der Waals surface area contributed by atoms with E-state index in [0.29, 0.717) is 29.4 Å². The van der Waals surface area contributed by atoms with Crippen molar-refractivity contribution in [1.29, 1.82) is 0 Å². The molecule has 0 aliphatic rings. The second kappa shape index (κ2) is 7.23. The molecule has 7 heteroatoms. The number of nitrogens with zero attached hydrogens (tertiary/aromatic N) is 5. The third-order valence-corrected chi connectivity index (χ3v) is 3.90. The lowest BCUT2D eigenvalue weighted by atomic mass is 10.1. The van der Waals surface area contributed by atoms with E-state index in [1.165, 1.54) is 11.0 Å². The van der Waals surface area contributed by atoms with Crippen molar-refractivity contribution in [3.05, 3.63) is 71.0 Å². The smallest absolute Gasteiger partial charge is 0.256 e. The van der Waals surface area contributed by atoms with Gasteiger partial charge in [-0.1, -0.05) is 35.9 Å². The molecule has 0 saturated carbocycles. The predicted octanol–water partition coefficient (Wildman–Crippen LogP) is 2.98. The number of tetrazole rings is 1. The average Bonchev–Trinajstić information content (AvgIpc) is 3.13. The van der Waals surface area contributed by atoms with Crippen LogP contribution in [0, 0.1) is 0 Å². The number of carbonyl (C=O) groups is 1. The zero-order valence-corrected chi connectivity index (χ0v) is 13.9. The van der Waals surface area contributed by atoms with Gasteiger partial charge in [-0.05, 0) is 47.2 Å². The van der Waals surface area contributed by atoms with Crippen molar-refractivity contribution in [3.63, 3.8) is 0 Å². The van der Waals surface area contributed by atoms with E-state index < -0.39 is 0 Å². The van der Waals surface area contributed by atoms with Crippen molar-refractivity contribution in [2.75, 3.05) is 6.54 Å². The highest BCUT2D eigenvalue weighted by Gasteiger charge is 2.19. The molecule has 0 aliphatic heterocycles. The van der Waals surface area contributed by atoms with Crippen LogP contribution in [0.15, 0.2) is 54.9 Å². The van der Waals surface area contributed by atoms with E-state index in [9.17, 15) is 4.79 Å². The number of halogens is 1. The van der Waals surface area contributed by atoms with Gasteiger partial charge in [0, 0.05) is 18.1 Å². The van der Waals surface area contributed by atoms with Gasteiger partial charge in [0.25, 0.3) is 5.91 Å². The van der Waals surface area contributed by atoms with Crippen LogP contribution in [-0.4, -0.2) is 37.6 Å². The summed E-state index contributed by atoms with van der Waals surface area (Å²) in [7, 11) is 0. The van der Waals surface area contributed by atoms with Gasteiger partial charge in [-0.3, -0.25) is 4.79 Å². The van der Waals surface area contributed by atoms with Gasteiger partial charge in [-0.15, -0.1) is 5.10 Å². The Morgan fingerprint density at radius 3 is 2.75 bits per heavy atom. The van der Waals surface area contributed by atoms with E-state index in [-0.39, 0.29) is 5.91 Å². The standard InChI is InChI=1S/C17H16ClN5O/c1-2-22(11-13-6-5-7-14(18)10-13)17(24)15-8-3-4-9-16(15)23-12-19-20-21-23/h3-10,12H,2,11H2,1H3. The zero-order valence-electron chi connectivity index (χ0n) is 13.1. The molecule has 0 aliphatic carbocycles. The van der Waals surface area contributed by atoms with Crippen LogP contribution in [0.4, 0.5) is 0 Å². The largest absolute Gasteiger partial charge is 0.335 e. The van der Waals surface area contributed by atoms with Crippen LogP contribution in [0.2, 0.25) is 5.02 Å². The van der Waals surface area contributed by atoms with E-state index >= 15 is 0 Å². The third kappa shape index (κ3) is 3.44. The van der Waals surface area contributed by atoms with Gasteiger partial charge in [0.15, 0.2) is 0 Å². The summed E-state index contributed by atoms with van der Waals surface area (Å²) in [5.41, 5.74) is 2.18. The molecule has 0 fully saturated rings. The van der Waals surface area contributed by atoms with Crippen molar-refractivity contribution >= 4 is 17.5 Å². The minimum atomic E-state index is -0.0800. The lowest BCUT2D eigenvalue weighted by molar-refractivity contribution is 0.0752. The first-order valence-corrected chi connectivity index (χ1v) is 7.93. The number of amides is 1. The van der Waals surface area contributed by atoms with E-state index in [2.05, 4.69) is 15.5 Å². The molecule has 122 valence electrons. The molecule has 0 unspecified atom stereocenters. The predicted molar refractivity (Wildman–Crippen MR) is 91.0 cm³/mol. The Hall–Kier alpha value is -2.73. The lowest BCUT2D eigenvalue weighted by Crippen LogP contribution is -2.31. The average molecular weight is 342 g/mol. The first-order chi connectivity index (χ1) is 11.7. The monoisotopic (exact) mass is 341 g/mol. The van der Waals surface area contributed by atoms with Crippen LogP contribution in [0.1, 0.15) is 22.8 Å². The van der Waals surface area contributed by atoms with Gasteiger partial charge >= 0.3 is 0 Å². The second-order valence-electron chi connectivity index (χ2n) is 5.22. The van der Waals surface area contributed by atoms with Crippen LogP contribution in [0.25, 0.3) is 5.69 Å². The third-order valence-electron chi connectivity index (χ3n) is 3.66. The summed E-state index contributed by atoms with van der Waals surface area (Å²) >= 11 is 6.03. The molecule has 0 saturated heterocycles.